The zero-order valence-electron chi connectivity index (χ0n) is 15.9. The molecule has 1 amide bonds. The average Bonchev–Trinajstić information content (AvgIpc) is 2.71. The third-order valence-corrected chi connectivity index (χ3v) is 4.42. The van der Waals surface area contributed by atoms with E-state index < -0.39 is 41.1 Å². The number of carbonyl (C=O) groups excluding carboxylic acids is 1. The van der Waals surface area contributed by atoms with Gasteiger partial charge in [0.25, 0.3) is 5.91 Å². The predicted octanol–water partition coefficient (Wildman–Crippen LogP) is 5.34. The maximum atomic E-state index is 13.5. The molecule has 1 N–H and O–H groups in total. The highest BCUT2D eigenvalue weighted by molar-refractivity contribution is 5.94. The van der Waals surface area contributed by atoms with Crippen LogP contribution in [-0.2, 0) is 12.4 Å². The summed E-state index contributed by atoms with van der Waals surface area (Å²) in [6.45, 7) is 1.63. The molecule has 3 aromatic rings. The summed E-state index contributed by atoms with van der Waals surface area (Å²) < 4.78 is 79.3. The van der Waals surface area contributed by atoms with Gasteiger partial charge in [0.15, 0.2) is 0 Å². The van der Waals surface area contributed by atoms with Crippen LogP contribution in [0.2, 0.25) is 0 Å². The van der Waals surface area contributed by atoms with Gasteiger partial charge in [0, 0.05) is 23.7 Å². The van der Waals surface area contributed by atoms with Crippen LogP contribution >= 0.6 is 0 Å². The standard InChI is InChI=1S/C21H15F6N3O/c1-12-11-14(8-10-28-12)19(31)30-17(13-4-6-15(7-5-13)20(22,23)24)18-16(21(25,26)27)3-2-9-29-18/h2-11,17H,1H3,(H,30,31). The zero-order valence-corrected chi connectivity index (χ0v) is 15.9. The Hall–Kier alpha value is -3.43. The number of rotatable bonds is 4. The summed E-state index contributed by atoms with van der Waals surface area (Å²) in [6.07, 6.45) is -6.93. The lowest BCUT2D eigenvalue weighted by Crippen LogP contribution is -2.31. The molecule has 1 atom stereocenters. The van der Waals surface area contributed by atoms with Crippen LogP contribution in [0.25, 0.3) is 0 Å². The fraction of sp³-hybridized carbons (Fsp3) is 0.190. The van der Waals surface area contributed by atoms with Crippen molar-refractivity contribution in [3.8, 4) is 0 Å². The van der Waals surface area contributed by atoms with Gasteiger partial charge in [0.05, 0.1) is 22.9 Å². The van der Waals surface area contributed by atoms with Crippen molar-refractivity contribution in [2.45, 2.75) is 25.3 Å². The summed E-state index contributed by atoms with van der Waals surface area (Å²) in [6, 6.07) is 6.74. The van der Waals surface area contributed by atoms with E-state index in [1.165, 1.54) is 18.3 Å². The van der Waals surface area contributed by atoms with Gasteiger partial charge in [-0.2, -0.15) is 26.3 Å². The molecule has 1 aromatic carbocycles. The molecule has 0 saturated carbocycles. The van der Waals surface area contributed by atoms with Gasteiger partial charge in [0.2, 0.25) is 0 Å². The maximum absolute atomic E-state index is 13.5. The second-order valence-electron chi connectivity index (χ2n) is 6.65. The van der Waals surface area contributed by atoms with Crippen LogP contribution in [0.5, 0.6) is 0 Å². The normalized spacial score (nSPS) is 13.0. The maximum Gasteiger partial charge on any atom is 0.418 e. The van der Waals surface area contributed by atoms with E-state index in [0.717, 1.165) is 42.6 Å². The Morgan fingerprint density at radius 3 is 2.16 bits per heavy atom. The molecule has 0 bridgehead atoms. The van der Waals surface area contributed by atoms with Crippen LogP contribution < -0.4 is 5.32 Å². The molecule has 2 aromatic heterocycles. The molecule has 162 valence electrons. The number of benzene rings is 1. The van der Waals surface area contributed by atoms with Gasteiger partial charge >= 0.3 is 12.4 Å². The molecular formula is C21H15F6N3O. The number of pyridine rings is 2. The Kier molecular flexibility index (Phi) is 6.01. The van der Waals surface area contributed by atoms with Gasteiger partial charge < -0.3 is 5.32 Å². The van der Waals surface area contributed by atoms with Crippen molar-refractivity contribution >= 4 is 5.91 Å². The number of amides is 1. The molecule has 4 nitrogen and oxygen atoms in total. The Morgan fingerprint density at radius 1 is 0.903 bits per heavy atom. The Bertz CT molecular complexity index is 1080. The molecule has 2 heterocycles. The third-order valence-electron chi connectivity index (χ3n) is 4.42. The molecule has 0 fully saturated rings. The second-order valence-corrected chi connectivity index (χ2v) is 6.65. The summed E-state index contributed by atoms with van der Waals surface area (Å²) in [5.74, 6) is -0.728. The quantitative estimate of drug-likeness (QED) is 0.559. The van der Waals surface area contributed by atoms with Crippen LogP contribution in [-0.4, -0.2) is 15.9 Å². The van der Waals surface area contributed by atoms with E-state index in [4.69, 9.17) is 0 Å². The number of nitrogens with zero attached hydrogens (tertiary/aromatic N) is 2. The molecule has 0 saturated heterocycles. The molecule has 31 heavy (non-hydrogen) atoms. The minimum absolute atomic E-state index is 0.0105. The number of hydrogen-bond acceptors (Lipinski definition) is 3. The van der Waals surface area contributed by atoms with E-state index in [1.807, 2.05) is 0 Å². The first-order valence-corrected chi connectivity index (χ1v) is 8.89. The number of carbonyl (C=O) groups is 1. The first kappa shape index (κ1) is 22.3. The summed E-state index contributed by atoms with van der Waals surface area (Å²) >= 11 is 0. The number of nitrogens with one attached hydrogen (secondary N) is 1. The van der Waals surface area contributed by atoms with E-state index in [9.17, 15) is 31.1 Å². The lowest BCUT2D eigenvalue weighted by atomic mass is 9.97. The van der Waals surface area contributed by atoms with Gasteiger partial charge in [-0.05, 0) is 48.9 Å². The lowest BCUT2D eigenvalue weighted by molar-refractivity contribution is -0.139. The fourth-order valence-corrected chi connectivity index (χ4v) is 2.96. The van der Waals surface area contributed by atoms with Gasteiger partial charge in [-0.1, -0.05) is 12.1 Å². The van der Waals surface area contributed by atoms with E-state index >= 15 is 0 Å². The monoisotopic (exact) mass is 439 g/mol. The van der Waals surface area contributed by atoms with Crippen LogP contribution in [0.1, 0.15) is 44.5 Å². The molecular weight excluding hydrogens is 424 g/mol. The highest BCUT2D eigenvalue weighted by Crippen LogP contribution is 2.36. The molecule has 10 heteroatoms. The van der Waals surface area contributed by atoms with Crippen LogP contribution in [0.15, 0.2) is 60.9 Å². The topological polar surface area (TPSA) is 54.9 Å². The fourth-order valence-electron chi connectivity index (χ4n) is 2.96. The Balaban J connectivity index is 2.08. The highest BCUT2D eigenvalue weighted by Gasteiger charge is 2.37. The van der Waals surface area contributed by atoms with Crippen LogP contribution in [0.3, 0.4) is 0 Å². The number of aryl methyl sites for hydroxylation is 1. The van der Waals surface area contributed by atoms with E-state index in [1.54, 1.807) is 6.92 Å². The van der Waals surface area contributed by atoms with E-state index in [-0.39, 0.29) is 11.1 Å². The van der Waals surface area contributed by atoms with Crippen molar-refractivity contribution in [2.24, 2.45) is 0 Å². The third kappa shape index (κ3) is 5.19. The molecule has 3 rings (SSSR count). The minimum Gasteiger partial charge on any atom is -0.340 e. The average molecular weight is 439 g/mol. The van der Waals surface area contributed by atoms with Crippen molar-refractivity contribution in [3.05, 3.63) is 94.6 Å². The lowest BCUT2D eigenvalue weighted by Gasteiger charge is -2.23. The smallest absolute Gasteiger partial charge is 0.340 e. The summed E-state index contributed by atoms with van der Waals surface area (Å²) in [5, 5.41) is 2.45. The summed E-state index contributed by atoms with van der Waals surface area (Å²) in [4.78, 5) is 20.5. The van der Waals surface area contributed by atoms with Crippen molar-refractivity contribution in [1.29, 1.82) is 0 Å². The molecule has 0 aliphatic carbocycles. The van der Waals surface area contributed by atoms with Crippen LogP contribution in [0.4, 0.5) is 26.3 Å². The number of alkyl halides is 6. The van der Waals surface area contributed by atoms with Gasteiger partial charge in [-0.3, -0.25) is 14.8 Å². The number of halogens is 6. The van der Waals surface area contributed by atoms with Crippen molar-refractivity contribution < 1.29 is 31.1 Å². The minimum atomic E-state index is -4.79. The SMILES string of the molecule is Cc1cc(C(=O)NC(c2ccc(C(F)(F)F)cc2)c2ncccc2C(F)(F)F)ccn1. The number of hydrogen-bond donors (Lipinski definition) is 1. The van der Waals surface area contributed by atoms with Gasteiger partial charge in [-0.25, -0.2) is 0 Å². The molecule has 1 unspecified atom stereocenters. The number of aromatic nitrogens is 2. The van der Waals surface area contributed by atoms with Crippen molar-refractivity contribution in [3.63, 3.8) is 0 Å². The van der Waals surface area contributed by atoms with Crippen LogP contribution in [0, 0.1) is 6.92 Å². The van der Waals surface area contributed by atoms with Crippen molar-refractivity contribution in [2.75, 3.05) is 0 Å². The van der Waals surface area contributed by atoms with Gasteiger partial charge in [0.1, 0.15) is 0 Å². The largest absolute Gasteiger partial charge is 0.418 e. The van der Waals surface area contributed by atoms with E-state index in [0.29, 0.717) is 5.69 Å². The second kappa shape index (κ2) is 8.37. The predicted molar refractivity (Wildman–Crippen MR) is 99.0 cm³/mol. The summed E-state index contributed by atoms with van der Waals surface area (Å²) in [5.41, 5.74) is -1.96. The molecule has 0 aliphatic heterocycles. The summed E-state index contributed by atoms with van der Waals surface area (Å²) in [7, 11) is 0. The highest BCUT2D eigenvalue weighted by atomic mass is 19.4. The van der Waals surface area contributed by atoms with E-state index in [2.05, 4.69) is 15.3 Å². The first-order chi connectivity index (χ1) is 14.5. The Morgan fingerprint density at radius 2 is 1.58 bits per heavy atom. The van der Waals surface area contributed by atoms with Gasteiger partial charge in [-0.15, -0.1) is 0 Å². The first-order valence-electron chi connectivity index (χ1n) is 8.89. The zero-order chi connectivity index (χ0) is 22.8. The van der Waals surface area contributed by atoms with Crippen molar-refractivity contribution in [1.82, 2.24) is 15.3 Å². The molecule has 0 spiro atoms. The molecule has 0 aliphatic rings. The Labute approximate surface area is 173 Å². The molecule has 0 radical (unpaired) electrons.